The van der Waals surface area contributed by atoms with Crippen LogP contribution in [0.3, 0.4) is 0 Å². The van der Waals surface area contributed by atoms with Crippen molar-refractivity contribution in [1.82, 2.24) is 4.57 Å². The minimum atomic E-state index is -0.191. The van der Waals surface area contributed by atoms with Gasteiger partial charge >= 0.3 is 0 Å². The molecule has 7 aliphatic rings. The van der Waals surface area contributed by atoms with E-state index in [0.29, 0.717) is 5.92 Å². The number of rotatable bonds is 1. The first-order valence-corrected chi connectivity index (χ1v) is 19.0. The van der Waals surface area contributed by atoms with Gasteiger partial charge in [0.05, 0.1) is 22.4 Å². The minimum absolute atomic E-state index is 0.0616. The number of nitrogens with zero attached hydrogens (tertiary/aromatic N) is 2. The van der Waals surface area contributed by atoms with E-state index in [2.05, 4.69) is 144 Å². The van der Waals surface area contributed by atoms with Crippen LogP contribution in [-0.4, -0.2) is 4.57 Å². The average molecular weight is 649 g/mol. The molecule has 12 rings (SSSR count). The van der Waals surface area contributed by atoms with Crippen molar-refractivity contribution < 1.29 is 0 Å². The van der Waals surface area contributed by atoms with Gasteiger partial charge in [0, 0.05) is 49.7 Å². The Hall–Kier alpha value is -4.56. The first-order valence-electron chi connectivity index (χ1n) is 19.0. The molecular formula is C48H44N2. The zero-order valence-corrected chi connectivity index (χ0v) is 30.6. The van der Waals surface area contributed by atoms with Gasteiger partial charge in [-0.2, -0.15) is 0 Å². The maximum atomic E-state index is 2.79. The number of anilines is 1. The van der Waals surface area contributed by atoms with Gasteiger partial charge in [-0.1, -0.05) is 134 Å². The second kappa shape index (κ2) is 8.15. The number of aromatic nitrogens is 1. The molecule has 50 heavy (non-hydrogen) atoms. The summed E-state index contributed by atoms with van der Waals surface area (Å²) < 4.78 is 2.69. The number of benzene rings is 4. The molecule has 2 aliphatic carbocycles. The quantitative estimate of drug-likeness (QED) is 0.176. The highest BCUT2D eigenvalue weighted by Gasteiger charge is 2.55. The summed E-state index contributed by atoms with van der Waals surface area (Å²) in [5.74, 6) is 0.507. The van der Waals surface area contributed by atoms with Crippen molar-refractivity contribution in [1.29, 1.82) is 0 Å². The Morgan fingerprint density at radius 1 is 0.620 bits per heavy atom. The van der Waals surface area contributed by atoms with Crippen molar-refractivity contribution in [3.8, 4) is 16.8 Å². The zero-order chi connectivity index (χ0) is 34.0. The monoisotopic (exact) mass is 648 g/mol. The van der Waals surface area contributed by atoms with Crippen LogP contribution in [-0.2, 0) is 21.7 Å². The van der Waals surface area contributed by atoms with Gasteiger partial charge in [-0.25, -0.2) is 0 Å². The molecular weight excluding hydrogens is 605 g/mol. The smallest absolute Gasteiger partial charge is 0.0582 e. The number of hydrogen-bond donors (Lipinski definition) is 0. The molecule has 0 fully saturated rings. The molecule has 246 valence electrons. The molecule has 5 aliphatic heterocycles. The third-order valence-corrected chi connectivity index (χ3v) is 14.7. The molecule has 5 aromatic rings. The summed E-state index contributed by atoms with van der Waals surface area (Å²) in [6, 6.07) is 24.1. The van der Waals surface area contributed by atoms with Crippen LogP contribution in [0.15, 0.2) is 107 Å². The van der Waals surface area contributed by atoms with Crippen LogP contribution < -0.4 is 4.90 Å². The van der Waals surface area contributed by atoms with E-state index in [0.717, 1.165) is 12.8 Å². The van der Waals surface area contributed by atoms with Gasteiger partial charge in [0.25, 0.3) is 0 Å². The van der Waals surface area contributed by atoms with E-state index in [1.165, 1.54) is 89.7 Å². The van der Waals surface area contributed by atoms with Gasteiger partial charge in [-0.3, -0.25) is 0 Å². The van der Waals surface area contributed by atoms with E-state index in [-0.39, 0.29) is 21.7 Å². The van der Waals surface area contributed by atoms with Crippen LogP contribution >= 0.6 is 0 Å². The molecule has 4 aromatic carbocycles. The number of para-hydroxylation sites is 2. The van der Waals surface area contributed by atoms with Crippen LogP contribution in [0.4, 0.5) is 5.69 Å². The highest BCUT2D eigenvalue weighted by molar-refractivity contribution is 6.14. The Balaban J connectivity index is 1.25. The first-order chi connectivity index (χ1) is 23.9. The van der Waals surface area contributed by atoms with Gasteiger partial charge in [0.15, 0.2) is 0 Å². The maximum absolute atomic E-state index is 2.79. The number of hydrogen-bond acceptors (Lipinski definition) is 1. The second-order valence-corrected chi connectivity index (χ2v) is 18.4. The van der Waals surface area contributed by atoms with E-state index in [1.54, 1.807) is 22.5 Å². The standard InChI is InChI=1S/C48H44N2/c1-45(2)31-17-9-13-27-29-15-11-19-33-41(29)49(39(27)31)43-35(45)23-21-25(37(43)47(33,5)6)26-22-24-36-44-38(26)48(7,8)34-20-12-16-30-28-14-10-18-32(46(36,3)4)40(28)50(44)42(30)34/h9-11,13,15,17-24,28H,12,14,16H2,1-8H3. The summed E-state index contributed by atoms with van der Waals surface area (Å²) in [5.41, 5.74) is 24.7. The molecule has 1 unspecified atom stereocenters. The van der Waals surface area contributed by atoms with Gasteiger partial charge in [0.2, 0.25) is 0 Å². The van der Waals surface area contributed by atoms with Crippen molar-refractivity contribution in [3.63, 3.8) is 0 Å². The molecule has 0 spiro atoms. The van der Waals surface area contributed by atoms with E-state index in [9.17, 15) is 0 Å². The van der Waals surface area contributed by atoms with Crippen molar-refractivity contribution in [3.05, 3.63) is 140 Å². The molecule has 1 aromatic heterocycles. The Morgan fingerprint density at radius 2 is 1.24 bits per heavy atom. The lowest BCUT2D eigenvalue weighted by Crippen LogP contribution is -2.43. The Bertz CT molecular complexity index is 2650. The average Bonchev–Trinajstić information content (AvgIpc) is 3.62. The van der Waals surface area contributed by atoms with Gasteiger partial charge in [-0.15, -0.1) is 0 Å². The topological polar surface area (TPSA) is 8.17 Å². The molecule has 0 saturated heterocycles. The number of fused-ring (bicyclic) bond motifs is 2. The molecule has 2 nitrogen and oxygen atoms in total. The first kappa shape index (κ1) is 28.2. The highest BCUT2D eigenvalue weighted by Crippen LogP contribution is 2.67. The predicted octanol–water partition coefficient (Wildman–Crippen LogP) is 11.9. The Kier molecular flexibility index (Phi) is 4.59. The van der Waals surface area contributed by atoms with Gasteiger partial charge < -0.3 is 9.47 Å². The van der Waals surface area contributed by atoms with Crippen molar-refractivity contribution >= 4 is 27.5 Å². The lowest BCUT2D eigenvalue weighted by Gasteiger charge is -2.51. The molecule has 2 heteroatoms. The summed E-state index contributed by atoms with van der Waals surface area (Å²) in [6.07, 6.45) is 11.0. The largest absolute Gasteiger partial charge is 0.312 e. The van der Waals surface area contributed by atoms with E-state index in [4.69, 9.17) is 0 Å². The fourth-order valence-corrected chi connectivity index (χ4v) is 12.4. The Morgan fingerprint density at radius 3 is 1.92 bits per heavy atom. The zero-order valence-electron chi connectivity index (χ0n) is 30.6. The summed E-state index contributed by atoms with van der Waals surface area (Å²) in [4.78, 5) is 2.79. The minimum Gasteiger partial charge on any atom is -0.312 e. The molecule has 6 heterocycles. The lowest BCUT2D eigenvalue weighted by molar-refractivity contribution is 0.561. The van der Waals surface area contributed by atoms with Crippen LogP contribution in [0.25, 0.3) is 38.6 Å². The second-order valence-electron chi connectivity index (χ2n) is 18.4. The summed E-state index contributed by atoms with van der Waals surface area (Å²) in [7, 11) is 0. The molecule has 0 saturated carbocycles. The fraction of sp³-hybridized carbons (Fsp3) is 0.333. The summed E-state index contributed by atoms with van der Waals surface area (Å²) >= 11 is 0. The van der Waals surface area contributed by atoms with Crippen molar-refractivity contribution in [2.24, 2.45) is 5.92 Å². The van der Waals surface area contributed by atoms with Crippen molar-refractivity contribution in [2.45, 2.75) is 96.3 Å². The van der Waals surface area contributed by atoms with Crippen LogP contribution in [0.2, 0.25) is 0 Å². The van der Waals surface area contributed by atoms with E-state index >= 15 is 0 Å². The Labute approximate surface area is 295 Å². The maximum Gasteiger partial charge on any atom is 0.0582 e. The third kappa shape index (κ3) is 2.73. The van der Waals surface area contributed by atoms with Crippen LogP contribution in [0, 0.1) is 5.92 Å². The normalized spacial score (nSPS) is 24.0. The SMILES string of the molecule is CC1(C)C2=C3C(CC=C2)C2=C4C(=CCC2)C(C)(C)c2c(-c5ccc6c7c5C(C)(C)c5cccc8c9cccc(c9n-7c58)C6(C)C)ccc1c2N43. The van der Waals surface area contributed by atoms with Gasteiger partial charge in [-0.05, 0) is 80.5 Å². The lowest BCUT2D eigenvalue weighted by atomic mass is 9.62. The molecule has 0 bridgehead atoms. The number of allylic oxidation sites excluding steroid dienone is 6. The van der Waals surface area contributed by atoms with Crippen LogP contribution in [0.1, 0.15) is 108 Å². The van der Waals surface area contributed by atoms with E-state index < -0.39 is 0 Å². The van der Waals surface area contributed by atoms with Gasteiger partial charge in [0.1, 0.15) is 0 Å². The van der Waals surface area contributed by atoms with Crippen molar-refractivity contribution in [2.75, 3.05) is 4.90 Å². The molecule has 0 amide bonds. The highest BCUT2D eigenvalue weighted by atomic mass is 15.2. The van der Waals surface area contributed by atoms with E-state index in [1.807, 2.05) is 0 Å². The molecule has 1 atom stereocenters. The third-order valence-electron chi connectivity index (χ3n) is 14.7. The summed E-state index contributed by atoms with van der Waals surface area (Å²) in [5, 5.41) is 2.76. The fourth-order valence-electron chi connectivity index (χ4n) is 12.4. The molecule has 0 N–H and O–H groups in total. The summed E-state index contributed by atoms with van der Waals surface area (Å²) in [6.45, 7) is 19.9. The predicted molar refractivity (Wildman–Crippen MR) is 208 cm³/mol. The van der Waals surface area contributed by atoms with Crippen LogP contribution in [0.5, 0.6) is 0 Å². The molecule has 0 radical (unpaired) electrons.